The van der Waals surface area contributed by atoms with Crippen LogP contribution in [-0.4, -0.2) is 19.0 Å². The summed E-state index contributed by atoms with van der Waals surface area (Å²) in [5.41, 5.74) is 5.66. The maximum absolute atomic E-state index is 12.5. The predicted molar refractivity (Wildman–Crippen MR) is 78.6 cm³/mol. The highest BCUT2D eigenvalue weighted by molar-refractivity contribution is 5.83. The lowest BCUT2D eigenvalue weighted by molar-refractivity contribution is -0.133. The van der Waals surface area contributed by atoms with Crippen molar-refractivity contribution >= 4 is 5.91 Å². The number of rotatable bonds is 4. The Hall–Kier alpha value is -0.570. The minimum absolute atomic E-state index is 0.224. The van der Waals surface area contributed by atoms with Gasteiger partial charge in [-0.25, -0.2) is 0 Å². The molecule has 0 aromatic heterocycles. The van der Waals surface area contributed by atoms with Crippen LogP contribution >= 0.6 is 0 Å². The van der Waals surface area contributed by atoms with Crippen molar-refractivity contribution in [3.63, 3.8) is 0 Å². The first-order chi connectivity index (χ1) is 9.05. The lowest BCUT2D eigenvalue weighted by Crippen LogP contribution is -2.48. The smallest absolute Gasteiger partial charge is 0.227 e. The van der Waals surface area contributed by atoms with E-state index in [1.807, 2.05) is 0 Å². The summed E-state index contributed by atoms with van der Waals surface area (Å²) >= 11 is 0. The molecule has 2 aliphatic carbocycles. The summed E-state index contributed by atoms with van der Waals surface area (Å²) in [5, 5.41) is 3.20. The van der Waals surface area contributed by atoms with E-state index in [1.54, 1.807) is 0 Å². The molecule has 0 saturated heterocycles. The van der Waals surface area contributed by atoms with Gasteiger partial charge in [0.25, 0.3) is 0 Å². The van der Waals surface area contributed by atoms with E-state index in [4.69, 9.17) is 5.73 Å². The zero-order chi connectivity index (χ0) is 13.9. The predicted octanol–water partition coefficient (Wildman–Crippen LogP) is 2.69. The summed E-state index contributed by atoms with van der Waals surface area (Å²) in [7, 11) is 0. The van der Waals surface area contributed by atoms with Crippen LogP contribution in [0, 0.1) is 23.2 Å². The first-order valence-corrected chi connectivity index (χ1v) is 8.04. The Morgan fingerprint density at radius 1 is 1.16 bits per heavy atom. The number of nitrogens with one attached hydrogen (secondary N) is 1. The van der Waals surface area contributed by atoms with Crippen molar-refractivity contribution in [1.82, 2.24) is 5.32 Å². The van der Waals surface area contributed by atoms with Crippen molar-refractivity contribution in [2.45, 2.75) is 58.8 Å². The fourth-order valence-electron chi connectivity index (χ4n) is 3.77. The summed E-state index contributed by atoms with van der Waals surface area (Å²) in [5.74, 6) is 2.50. The van der Waals surface area contributed by atoms with Crippen LogP contribution in [-0.2, 0) is 4.79 Å². The highest BCUT2D eigenvalue weighted by Gasteiger charge is 2.39. The zero-order valence-electron chi connectivity index (χ0n) is 12.6. The van der Waals surface area contributed by atoms with Gasteiger partial charge >= 0.3 is 0 Å². The quantitative estimate of drug-likeness (QED) is 0.822. The van der Waals surface area contributed by atoms with Crippen LogP contribution < -0.4 is 11.1 Å². The van der Waals surface area contributed by atoms with Crippen LogP contribution in [0.25, 0.3) is 0 Å². The SMILES string of the molecule is CC1CCC(CN)(C(=O)NCC2CCC(C)C2)CC1. The van der Waals surface area contributed by atoms with Gasteiger partial charge in [-0.3, -0.25) is 4.79 Å². The van der Waals surface area contributed by atoms with E-state index < -0.39 is 0 Å². The molecule has 3 heteroatoms. The summed E-state index contributed by atoms with van der Waals surface area (Å²) in [6.07, 6.45) is 8.09. The van der Waals surface area contributed by atoms with Gasteiger partial charge in [0.05, 0.1) is 5.41 Å². The number of hydrogen-bond acceptors (Lipinski definition) is 2. The van der Waals surface area contributed by atoms with Gasteiger partial charge in [0.2, 0.25) is 5.91 Å². The van der Waals surface area contributed by atoms with Crippen LogP contribution in [0.2, 0.25) is 0 Å². The maximum Gasteiger partial charge on any atom is 0.227 e. The number of hydrogen-bond donors (Lipinski definition) is 2. The molecule has 2 unspecified atom stereocenters. The van der Waals surface area contributed by atoms with E-state index in [9.17, 15) is 4.79 Å². The number of carbonyl (C=O) groups is 1. The number of amides is 1. The summed E-state index contributed by atoms with van der Waals surface area (Å²) in [6.45, 7) is 5.96. The van der Waals surface area contributed by atoms with Crippen molar-refractivity contribution in [3.05, 3.63) is 0 Å². The summed E-state index contributed by atoms with van der Waals surface area (Å²) in [4.78, 5) is 12.5. The molecule has 3 nitrogen and oxygen atoms in total. The molecule has 0 bridgehead atoms. The number of carbonyl (C=O) groups excluding carboxylic acids is 1. The minimum Gasteiger partial charge on any atom is -0.355 e. The van der Waals surface area contributed by atoms with Gasteiger partial charge in [-0.15, -0.1) is 0 Å². The molecule has 2 atom stereocenters. The van der Waals surface area contributed by atoms with Gasteiger partial charge < -0.3 is 11.1 Å². The average Bonchev–Trinajstić information content (AvgIpc) is 2.83. The Kier molecular flexibility index (Phi) is 4.88. The third-order valence-corrected chi connectivity index (χ3v) is 5.46. The Bertz CT molecular complexity index is 308. The highest BCUT2D eigenvalue weighted by Crippen LogP contribution is 2.38. The first kappa shape index (κ1) is 14.8. The molecule has 0 aromatic carbocycles. The van der Waals surface area contributed by atoms with Gasteiger partial charge in [-0.1, -0.05) is 20.3 Å². The molecule has 2 fully saturated rings. The van der Waals surface area contributed by atoms with Crippen LogP contribution in [0.3, 0.4) is 0 Å². The third-order valence-electron chi connectivity index (χ3n) is 5.46. The molecular weight excluding hydrogens is 236 g/mol. The van der Waals surface area contributed by atoms with E-state index in [2.05, 4.69) is 19.2 Å². The minimum atomic E-state index is -0.267. The van der Waals surface area contributed by atoms with Gasteiger partial charge in [-0.2, -0.15) is 0 Å². The number of nitrogens with two attached hydrogens (primary N) is 1. The topological polar surface area (TPSA) is 55.1 Å². The molecular formula is C16H30N2O. The second kappa shape index (κ2) is 6.25. The normalized spacial score (nSPS) is 39.2. The first-order valence-electron chi connectivity index (χ1n) is 8.04. The molecule has 3 N–H and O–H groups in total. The standard InChI is InChI=1S/C16H30N2O/c1-12-5-7-16(11-17,8-6-12)15(19)18-10-14-4-3-13(2)9-14/h12-14H,3-11,17H2,1-2H3,(H,18,19). The van der Waals surface area contributed by atoms with Crippen LogP contribution in [0.1, 0.15) is 58.8 Å². The molecule has 0 aromatic rings. The van der Waals surface area contributed by atoms with Gasteiger partial charge in [0.15, 0.2) is 0 Å². The second-order valence-electron chi connectivity index (χ2n) is 7.16. The molecule has 0 aliphatic heterocycles. The van der Waals surface area contributed by atoms with Crippen molar-refractivity contribution in [3.8, 4) is 0 Å². The molecule has 0 radical (unpaired) electrons. The largest absolute Gasteiger partial charge is 0.355 e. The van der Waals surface area contributed by atoms with E-state index in [0.29, 0.717) is 12.5 Å². The Balaban J connectivity index is 1.83. The van der Waals surface area contributed by atoms with Crippen molar-refractivity contribution < 1.29 is 4.79 Å². The van der Waals surface area contributed by atoms with Crippen molar-refractivity contribution in [1.29, 1.82) is 0 Å². The Labute approximate surface area is 117 Å². The molecule has 110 valence electrons. The molecule has 19 heavy (non-hydrogen) atoms. The molecule has 2 aliphatic rings. The summed E-state index contributed by atoms with van der Waals surface area (Å²) < 4.78 is 0. The van der Waals surface area contributed by atoms with Crippen LogP contribution in [0.4, 0.5) is 0 Å². The van der Waals surface area contributed by atoms with E-state index >= 15 is 0 Å². The molecule has 0 heterocycles. The van der Waals surface area contributed by atoms with E-state index in [-0.39, 0.29) is 11.3 Å². The fourth-order valence-corrected chi connectivity index (χ4v) is 3.77. The summed E-state index contributed by atoms with van der Waals surface area (Å²) in [6, 6.07) is 0. The second-order valence-corrected chi connectivity index (χ2v) is 7.16. The highest BCUT2D eigenvalue weighted by atomic mass is 16.2. The maximum atomic E-state index is 12.5. The molecule has 1 amide bonds. The Morgan fingerprint density at radius 3 is 2.37 bits per heavy atom. The van der Waals surface area contributed by atoms with Crippen LogP contribution in [0.15, 0.2) is 0 Å². The van der Waals surface area contributed by atoms with E-state index in [1.165, 1.54) is 19.3 Å². The van der Waals surface area contributed by atoms with Gasteiger partial charge in [0, 0.05) is 13.1 Å². The van der Waals surface area contributed by atoms with Crippen LogP contribution in [0.5, 0.6) is 0 Å². The van der Waals surface area contributed by atoms with Gasteiger partial charge in [0.1, 0.15) is 0 Å². The molecule has 0 spiro atoms. The fraction of sp³-hybridized carbons (Fsp3) is 0.938. The molecule has 2 rings (SSSR count). The lowest BCUT2D eigenvalue weighted by atomic mass is 9.70. The zero-order valence-corrected chi connectivity index (χ0v) is 12.6. The lowest BCUT2D eigenvalue weighted by Gasteiger charge is -2.37. The average molecular weight is 266 g/mol. The Morgan fingerprint density at radius 2 is 1.84 bits per heavy atom. The monoisotopic (exact) mass is 266 g/mol. The van der Waals surface area contributed by atoms with Crippen molar-refractivity contribution in [2.75, 3.05) is 13.1 Å². The van der Waals surface area contributed by atoms with E-state index in [0.717, 1.165) is 44.1 Å². The van der Waals surface area contributed by atoms with Gasteiger partial charge in [-0.05, 0) is 56.3 Å². The third kappa shape index (κ3) is 3.50. The molecule has 2 saturated carbocycles. The van der Waals surface area contributed by atoms with Crippen molar-refractivity contribution in [2.24, 2.45) is 28.9 Å².